The van der Waals surface area contributed by atoms with Gasteiger partial charge in [0.2, 0.25) is 0 Å². The Balaban J connectivity index is 1.96. The Morgan fingerprint density at radius 2 is 2.00 bits per heavy atom. The van der Waals surface area contributed by atoms with E-state index in [2.05, 4.69) is 10.6 Å². The molecule has 19 heavy (non-hydrogen) atoms. The zero-order valence-electron chi connectivity index (χ0n) is 11.3. The minimum atomic E-state index is -0.0767. The van der Waals surface area contributed by atoms with E-state index < -0.39 is 0 Å². The molecule has 0 saturated carbocycles. The third kappa shape index (κ3) is 4.30. The van der Waals surface area contributed by atoms with Crippen LogP contribution in [0.4, 0.5) is 0 Å². The standard InChI is InChI=1S/C15H21ClN2O/c1-11(19)15(12-2-4-13(16)5-3-12)10-18-14-6-8-17-9-7-14/h2-5,14-15,17-18H,6-10H2,1H3/t15-/m0/s1. The van der Waals surface area contributed by atoms with Crippen LogP contribution < -0.4 is 10.6 Å². The first-order chi connectivity index (χ1) is 9.16. The first kappa shape index (κ1) is 14.5. The van der Waals surface area contributed by atoms with Crippen molar-refractivity contribution in [3.8, 4) is 0 Å². The maximum atomic E-state index is 11.8. The van der Waals surface area contributed by atoms with Crippen LogP contribution in [-0.4, -0.2) is 31.5 Å². The largest absolute Gasteiger partial charge is 0.317 e. The molecule has 1 saturated heterocycles. The van der Waals surface area contributed by atoms with E-state index in [-0.39, 0.29) is 11.7 Å². The quantitative estimate of drug-likeness (QED) is 0.870. The van der Waals surface area contributed by atoms with E-state index in [0.29, 0.717) is 17.6 Å². The third-order valence-corrected chi connectivity index (χ3v) is 3.96. The van der Waals surface area contributed by atoms with Gasteiger partial charge in [-0.05, 0) is 50.6 Å². The lowest BCUT2D eigenvalue weighted by molar-refractivity contribution is -0.118. The summed E-state index contributed by atoms with van der Waals surface area (Å²) in [6, 6.07) is 8.10. The highest BCUT2D eigenvalue weighted by Gasteiger charge is 2.19. The second kappa shape index (κ2) is 7.04. The van der Waals surface area contributed by atoms with Gasteiger partial charge in [-0.1, -0.05) is 23.7 Å². The number of hydrogen-bond donors (Lipinski definition) is 2. The zero-order chi connectivity index (χ0) is 13.7. The average molecular weight is 281 g/mol. The molecule has 0 unspecified atom stereocenters. The summed E-state index contributed by atoms with van der Waals surface area (Å²) < 4.78 is 0. The molecule has 1 aromatic carbocycles. The van der Waals surface area contributed by atoms with Gasteiger partial charge in [0, 0.05) is 17.6 Å². The van der Waals surface area contributed by atoms with Crippen LogP contribution in [0.3, 0.4) is 0 Å². The molecule has 0 radical (unpaired) electrons. The van der Waals surface area contributed by atoms with Gasteiger partial charge in [0.25, 0.3) is 0 Å². The molecule has 104 valence electrons. The Bertz CT molecular complexity index is 413. The van der Waals surface area contributed by atoms with Crippen molar-refractivity contribution < 1.29 is 4.79 Å². The molecule has 1 aliphatic rings. The van der Waals surface area contributed by atoms with Gasteiger partial charge in [-0.25, -0.2) is 0 Å². The Morgan fingerprint density at radius 3 is 2.58 bits per heavy atom. The van der Waals surface area contributed by atoms with Crippen LogP contribution >= 0.6 is 11.6 Å². The zero-order valence-corrected chi connectivity index (χ0v) is 12.0. The van der Waals surface area contributed by atoms with Crippen molar-refractivity contribution in [3.63, 3.8) is 0 Å². The number of nitrogens with one attached hydrogen (secondary N) is 2. The van der Waals surface area contributed by atoms with Crippen LogP contribution in [0.5, 0.6) is 0 Å². The number of carbonyl (C=O) groups is 1. The molecule has 0 aliphatic carbocycles. The van der Waals surface area contributed by atoms with Crippen molar-refractivity contribution in [2.45, 2.75) is 31.7 Å². The molecular formula is C15H21ClN2O. The van der Waals surface area contributed by atoms with E-state index in [0.717, 1.165) is 31.5 Å². The first-order valence-corrected chi connectivity index (χ1v) is 7.24. The van der Waals surface area contributed by atoms with Crippen molar-refractivity contribution in [1.29, 1.82) is 0 Å². The predicted molar refractivity (Wildman–Crippen MR) is 78.8 cm³/mol. The van der Waals surface area contributed by atoms with Gasteiger partial charge < -0.3 is 10.6 Å². The SMILES string of the molecule is CC(=O)[C@H](CNC1CCNCC1)c1ccc(Cl)cc1. The molecule has 1 aliphatic heterocycles. The minimum Gasteiger partial charge on any atom is -0.317 e. The van der Waals surface area contributed by atoms with Crippen molar-refractivity contribution in [2.24, 2.45) is 0 Å². The summed E-state index contributed by atoms with van der Waals surface area (Å²) in [5, 5.41) is 7.57. The highest BCUT2D eigenvalue weighted by molar-refractivity contribution is 6.30. The highest BCUT2D eigenvalue weighted by Crippen LogP contribution is 2.19. The summed E-state index contributed by atoms with van der Waals surface area (Å²) in [5.41, 5.74) is 1.04. The molecule has 2 N–H and O–H groups in total. The second-order valence-electron chi connectivity index (χ2n) is 5.15. The Labute approximate surface area is 119 Å². The molecule has 1 fully saturated rings. The molecular weight excluding hydrogens is 260 g/mol. The maximum Gasteiger partial charge on any atom is 0.138 e. The number of rotatable bonds is 5. The van der Waals surface area contributed by atoms with Gasteiger partial charge in [-0.15, -0.1) is 0 Å². The fourth-order valence-corrected chi connectivity index (χ4v) is 2.63. The number of halogens is 1. The van der Waals surface area contributed by atoms with Gasteiger partial charge in [0.05, 0.1) is 5.92 Å². The molecule has 0 aromatic heterocycles. The Hall–Kier alpha value is -0.900. The summed E-state index contributed by atoms with van der Waals surface area (Å²) >= 11 is 5.89. The third-order valence-electron chi connectivity index (χ3n) is 3.71. The first-order valence-electron chi connectivity index (χ1n) is 6.87. The lowest BCUT2D eigenvalue weighted by atomic mass is 9.94. The topological polar surface area (TPSA) is 41.1 Å². The van der Waals surface area contributed by atoms with Crippen LogP contribution in [0.25, 0.3) is 0 Å². The normalized spacial score (nSPS) is 18.2. The lowest BCUT2D eigenvalue weighted by Crippen LogP contribution is -2.42. The number of Topliss-reactive ketones (excluding diaryl/α,β-unsaturated/α-hetero) is 1. The Kier molecular flexibility index (Phi) is 5.37. The van der Waals surface area contributed by atoms with E-state index in [1.165, 1.54) is 0 Å². The van der Waals surface area contributed by atoms with Gasteiger partial charge >= 0.3 is 0 Å². The maximum absolute atomic E-state index is 11.8. The molecule has 3 nitrogen and oxygen atoms in total. The number of carbonyl (C=O) groups excluding carboxylic acids is 1. The monoisotopic (exact) mass is 280 g/mol. The van der Waals surface area contributed by atoms with Crippen molar-refractivity contribution in [1.82, 2.24) is 10.6 Å². The Morgan fingerprint density at radius 1 is 1.37 bits per heavy atom. The van der Waals surface area contributed by atoms with E-state index in [1.54, 1.807) is 6.92 Å². The van der Waals surface area contributed by atoms with Crippen LogP contribution in [0.15, 0.2) is 24.3 Å². The van der Waals surface area contributed by atoms with E-state index in [1.807, 2.05) is 24.3 Å². The molecule has 1 atom stereocenters. The van der Waals surface area contributed by atoms with Crippen LogP contribution in [-0.2, 0) is 4.79 Å². The highest BCUT2D eigenvalue weighted by atomic mass is 35.5. The summed E-state index contributed by atoms with van der Waals surface area (Å²) in [7, 11) is 0. The summed E-state index contributed by atoms with van der Waals surface area (Å²) in [6.07, 6.45) is 2.26. The molecule has 1 aromatic rings. The fraction of sp³-hybridized carbons (Fsp3) is 0.533. The van der Waals surface area contributed by atoms with Gasteiger partial charge in [0.15, 0.2) is 0 Å². The summed E-state index contributed by atoms with van der Waals surface area (Å²) in [5.74, 6) is 0.121. The number of ketones is 1. The fourth-order valence-electron chi connectivity index (χ4n) is 2.50. The van der Waals surface area contributed by atoms with E-state index >= 15 is 0 Å². The predicted octanol–water partition coefficient (Wildman–Crippen LogP) is 2.35. The van der Waals surface area contributed by atoms with Crippen molar-refractivity contribution in [2.75, 3.05) is 19.6 Å². The van der Waals surface area contributed by atoms with Crippen molar-refractivity contribution in [3.05, 3.63) is 34.9 Å². The molecule has 0 amide bonds. The number of benzene rings is 1. The molecule has 2 rings (SSSR count). The minimum absolute atomic E-state index is 0.0767. The van der Waals surface area contributed by atoms with Crippen LogP contribution in [0, 0.1) is 0 Å². The van der Waals surface area contributed by atoms with Gasteiger partial charge in [0.1, 0.15) is 5.78 Å². The van der Waals surface area contributed by atoms with Crippen molar-refractivity contribution >= 4 is 17.4 Å². The average Bonchev–Trinajstić information content (AvgIpc) is 2.42. The lowest BCUT2D eigenvalue weighted by Gasteiger charge is -2.26. The molecule has 1 heterocycles. The van der Waals surface area contributed by atoms with Crippen LogP contribution in [0.1, 0.15) is 31.2 Å². The smallest absolute Gasteiger partial charge is 0.138 e. The van der Waals surface area contributed by atoms with Gasteiger partial charge in [-0.3, -0.25) is 4.79 Å². The van der Waals surface area contributed by atoms with Crippen LogP contribution in [0.2, 0.25) is 5.02 Å². The number of hydrogen-bond acceptors (Lipinski definition) is 3. The summed E-state index contributed by atoms with van der Waals surface area (Å²) in [4.78, 5) is 11.8. The molecule has 0 spiro atoms. The van der Waals surface area contributed by atoms with E-state index in [9.17, 15) is 4.79 Å². The molecule has 4 heteroatoms. The molecule has 0 bridgehead atoms. The van der Waals surface area contributed by atoms with Gasteiger partial charge in [-0.2, -0.15) is 0 Å². The number of piperidine rings is 1. The second-order valence-corrected chi connectivity index (χ2v) is 5.58. The summed E-state index contributed by atoms with van der Waals surface area (Å²) in [6.45, 7) is 4.48. The van der Waals surface area contributed by atoms with E-state index in [4.69, 9.17) is 11.6 Å².